The first kappa shape index (κ1) is 27.8. The summed E-state index contributed by atoms with van der Waals surface area (Å²) >= 11 is 7.54. The molecule has 0 aliphatic rings. The van der Waals surface area contributed by atoms with Crippen LogP contribution in [0.3, 0.4) is 0 Å². The molecular formula is C30H35ClN2O2S. The topological polar surface area (TPSA) is 49.4 Å². The van der Waals surface area contributed by atoms with Gasteiger partial charge in [-0.05, 0) is 41.7 Å². The molecule has 4 nitrogen and oxygen atoms in total. The second-order valence-electron chi connectivity index (χ2n) is 9.47. The molecule has 0 saturated heterocycles. The number of benzene rings is 3. The van der Waals surface area contributed by atoms with E-state index in [4.69, 9.17) is 11.6 Å². The second-order valence-corrected chi connectivity index (χ2v) is 10.9. The fraction of sp³-hybridized carbons (Fsp3) is 0.333. The molecular weight excluding hydrogens is 488 g/mol. The molecule has 0 aliphatic heterocycles. The molecule has 36 heavy (non-hydrogen) atoms. The maximum Gasteiger partial charge on any atom is 0.243 e. The number of hydrogen-bond donors (Lipinski definition) is 1. The molecule has 3 aromatic rings. The van der Waals surface area contributed by atoms with E-state index in [1.165, 1.54) is 0 Å². The molecule has 0 aromatic heterocycles. The zero-order chi connectivity index (χ0) is 25.9. The lowest BCUT2D eigenvalue weighted by Gasteiger charge is -2.32. The molecule has 0 bridgehead atoms. The molecule has 0 heterocycles. The zero-order valence-corrected chi connectivity index (χ0v) is 22.8. The highest BCUT2D eigenvalue weighted by atomic mass is 35.5. The molecule has 0 saturated carbocycles. The van der Waals surface area contributed by atoms with Crippen LogP contribution in [-0.2, 0) is 28.3 Å². The van der Waals surface area contributed by atoms with Crippen LogP contribution in [0.5, 0.6) is 0 Å². The van der Waals surface area contributed by atoms with E-state index in [0.29, 0.717) is 36.2 Å². The van der Waals surface area contributed by atoms with Gasteiger partial charge in [-0.25, -0.2) is 0 Å². The molecule has 1 unspecified atom stereocenters. The Kier molecular flexibility index (Phi) is 10.9. The number of amides is 2. The third-order valence-corrected chi connectivity index (χ3v) is 7.08. The van der Waals surface area contributed by atoms with Gasteiger partial charge in [0.15, 0.2) is 0 Å². The zero-order valence-electron chi connectivity index (χ0n) is 21.2. The molecule has 2 amide bonds. The first-order chi connectivity index (χ1) is 17.3. The van der Waals surface area contributed by atoms with Gasteiger partial charge in [0.25, 0.3) is 0 Å². The Hall–Kier alpha value is -2.76. The minimum absolute atomic E-state index is 0.0461. The lowest BCUT2D eigenvalue weighted by Crippen LogP contribution is -2.51. The molecule has 190 valence electrons. The molecule has 0 aliphatic carbocycles. The van der Waals surface area contributed by atoms with E-state index in [-0.39, 0.29) is 17.6 Å². The SMILES string of the molecule is Cc1ccc(CN(C(=O)CSCc2ccc(Cl)cc2)C(Cc2ccccc2)C(=O)NCC(C)C)cc1. The fourth-order valence-corrected chi connectivity index (χ4v) is 4.78. The van der Waals surface area contributed by atoms with Crippen LogP contribution in [0.1, 0.15) is 36.1 Å². The third kappa shape index (κ3) is 9.03. The molecule has 3 rings (SSSR count). The predicted molar refractivity (Wildman–Crippen MR) is 151 cm³/mol. The van der Waals surface area contributed by atoms with Gasteiger partial charge >= 0.3 is 0 Å². The van der Waals surface area contributed by atoms with Crippen molar-refractivity contribution in [2.75, 3.05) is 12.3 Å². The second kappa shape index (κ2) is 14.1. The summed E-state index contributed by atoms with van der Waals surface area (Å²) in [7, 11) is 0. The maximum atomic E-state index is 13.6. The van der Waals surface area contributed by atoms with Gasteiger partial charge in [0.2, 0.25) is 11.8 Å². The average Bonchev–Trinajstić information content (AvgIpc) is 2.87. The number of carbonyl (C=O) groups is 2. The summed E-state index contributed by atoms with van der Waals surface area (Å²) in [5, 5.41) is 3.76. The normalized spacial score (nSPS) is 11.8. The van der Waals surface area contributed by atoms with E-state index in [1.807, 2.05) is 85.8 Å². The fourth-order valence-electron chi connectivity index (χ4n) is 3.79. The monoisotopic (exact) mass is 522 g/mol. The number of nitrogens with one attached hydrogen (secondary N) is 1. The number of carbonyl (C=O) groups excluding carboxylic acids is 2. The summed E-state index contributed by atoms with van der Waals surface area (Å²) < 4.78 is 0. The molecule has 0 fully saturated rings. The van der Waals surface area contributed by atoms with Crippen molar-refractivity contribution >= 4 is 35.2 Å². The average molecular weight is 523 g/mol. The summed E-state index contributed by atoms with van der Waals surface area (Å²) in [5.41, 5.74) is 4.30. The standard InChI is InChI=1S/C30H35ClN2O2S/c1-22(2)18-32-30(35)28(17-24-7-5-4-6-8-24)33(19-25-11-9-23(3)10-12-25)29(34)21-36-20-26-13-15-27(31)16-14-26/h4-16,22,28H,17-21H2,1-3H3,(H,32,35). The minimum Gasteiger partial charge on any atom is -0.354 e. The minimum atomic E-state index is -0.601. The van der Waals surface area contributed by atoms with E-state index in [0.717, 1.165) is 22.3 Å². The maximum absolute atomic E-state index is 13.6. The van der Waals surface area contributed by atoms with Crippen LogP contribution in [0.2, 0.25) is 5.02 Å². The van der Waals surface area contributed by atoms with Gasteiger partial charge in [-0.1, -0.05) is 97.7 Å². The van der Waals surface area contributed by atoms with Crippen LogP contribution in [0.15, 0.2) is 78.9 Å². The summed E-state index contributed by atoms with van der Waals surface area (Å²) in [4.78, 5) is 28.8. The van der Waals surface area contributed by atoms with Crippen molar-refractivity contribution in [1.82, 2.24) is 10.2 Å². The molecule has 6 heteroatoms. The van der Waals surface area contributed by atoms with Crippen LogP contribution in [-0.4, -0.2) is 35.1 Å². The molecule has 1 N–H and O–H groups in total. The van der Waals surface area contributed by atoms with Gasteiger partial charge in [0.05, 0.1) is 5.75 Å². The third-order valence-electron chi connectivity index (χ3n) is 5.84. The van der Waals surface area contributed by atoms with Gasteiger partial charge in [-0.15, -0.1) is 11.8 Å². The van der Waals surface area contributed by atoms with Crippen molar-refractivity contribution in [3.05, 3.63) is 106 Å². The van der Waals surface area contributed by atoms with Crippen molar-refractivity contribution in [2.45, 2.75) is 45.5 Å². The van der Waals surface area contributed by atoms with E-state index in [1.54, 1.807) is 16.7 Å². The van der Waals surface area contributed by atoms with Crippen LogP contribution >= 0.6 is 23.4 Å². The first-order valence-electron chi connectivity index (χ1n) is 12.3. The van der Waals surface area contributed by atoms with Crippen LogP contribution in [0, 0.1) is 12.8 Å². The molecule has 0 radical (unpaired) electrons. The molecule has 0 spiro atoms. The number of aryl methyl sites for hydroxylation is 1. The smallest absolute Gasteiger partial charge is 0.243 e. The quantitative estimate of drug-likeness (QED) is 0.304. The number of rotatable bonds is 12. The van der Waals surface area contributed by atoms with Crippen molar-refractivity contribution < 1.29 is 9.59 Å². The molecule has 1 atom stereocenters. The van der Waals surface area contributed by atoms with Crippen LogP contribution < -0.4 is 5.32 Å². The Labute approximate surface area is 224 Å². The van der Waals surface area contributed by atoms with Gasteiger partial charge in [0.1, 0.15) is 6.04 Å². The number of hydrogen-bond acceptors (Lipinski definition) is 3. The van der Waals surface area contributed by atoms with E-state index < -0.39 is 6.04 Å². The lowest BCUT2D eigenvalue weighted by molar-refractivity contribution is -0.139. The highest BCUT2D eigenvalue weighted by molar-refractivity contribution is 7.99. The van der Waals surface area contributed by atoms with Crippen molar-refractivity contribution in [2.24, 2.45) is 5.92 Å². The number of halogens is 1. The Morgan fingerprint density at radius 3 is 2.17 bits per heavy atom. The van der Waals surface area contributed by atoms with Crippen molar-refractivity contribution in [3.8, 4) is 0 Å². The van der Waals surface area contributed by atoms with E-state index in [2.05, 4.69) is 19.2 Å². The largest absolute Gasteiger partial charge is 0.354 e. The van der Waals surface area contributed by atoms with Gasteiger partial charge < -0.3 is 10.2 Å². The highest BCUT2D eigenvalue weighted by Gasteiger charge is 2.30. The van der Waals surface area contributed by atoms with Crippen LogP contribution in [0.25, 0.3) is 0 Å². The Morgan fingerprint density at radius 2 is 1.53 bits per heavy atom. The number of thioether (sulfide) groups is 1. The summed E-state index contributed by atoms with van der Waals surface area (Å²) in [6.07, 6.45) is 0.463. The molecule has 3 aromatic carbocycles. The van der Waals surface area contributed by atoms with Crippen molar-refractivity contribution in [3.63, 3.8) is 0 Å². The van der Waals surface area contributed by atoms with Gasteiger partial charge in [-0.2, -0.15) is 0 Å². The van der Waals surface area contributed by atoms with E-state index >= 15 is 0 Å². The summed E-state index contributed by atoms with van der Waals surface area (Å²) in [6.45, 7) is 7.12. The predicted octanol–water partition coefficient (Wildman–Crippen LogP) is 6.29. The Balaban J connectivity index is 1.82. The highest BCUT2D eigenvalue weighted by Crippen LogP contribution is 2.20. The Bertz CT molecular complexity index is 1100. The Morgan fingerprint density at radius 1 is 0.889 bits per heavy atom. The van der Waals surface area contributed by atoms with Gasteiger partial charge in [-0.3, -0.25) is 9.59 Å². The van der Waals surface area contributed by atoms with E-state index in [9.17, 15) is 9.59 Å². The summed E-state index contributed by atoms with van der Waals surface area (Å²) in [6, 6.07) is 25.1. The first-order valence-corrected chi connectivity index (χ1v) is 13.8. The summed E-state index contributed by atoms with van der Waals surface area (Å²) in [5.74, 6) is 1.15. The van der Waals surface area contributed by atoms with Crippen LogP contribution in [0.4, 0.5) is 0 Å². The van der Waals surface area contributed by atoms with Crippen molar-refractivity contribution in [1.29, 1.82) is 0 Å². The number of nitrogens with zero attached hydrogens (tertiary/aromatic N) is 1. The lowest BCUT2D eigenvalue weighted by atomic mass is 10.0. The van der Waals surface area contributed by atoms with Gasteiger partial charge in [0, 0.05) is 30.3 Å².